The van der Waals surface area contributed by atoms with Crippen molar-refractivity contribution >= 4 is 5.96 Å². The molecular weight excluding hydrogens is 366 g/mol. The third-order valence-corrected chi connectivity index (χ3v) is 5.32. The molecule has 6 nitrogen and oxygen atoms in total. The first-order chi connectivity index (χ1) is 14.0. The van der Waals surface area contributed by atoms with Gasteiger partial charge in [-0.05, 0) is 51.3 Å². The van der Waals surface area contributed by atoms with E-state index in [0.29, 0.717) is 17.6 Å². The number of aryl methyl sites for hydroxylation is 1. The normalized spacial score (nSPS) is 22.1. The van der Waals surface area contributed by atoms with Gasteiger partial charge in [0.1, 0.15) is 11.4 Å². The Hall–Kier alpha value is -2.31. The first-order valence-electron chi connectivity index (χ1n) is 10.5. The van der Waals surface area contributed by atoms with Crippen molar-refractivity contribution in [2.45, 2.75) is 45.3 Å². The summed E-state index contributed by atoms with van der Waals surface area (Å²) in [6.07, 6.45) is 3.82. The van der Waals surface area contributed by atoms with E-state index < -0.39 is 5.60 Å². The molecule has 29 heavy (non-hydrogen) atoms. The van der Waals surface area contributed by atoms with E-state index in [1.54, 1.807) is 25.3 Å². The summed E-state index contributed by atoms with van der Waals surface area (Å²) in [7, 11) is 0. The monoisotopic (exact) mass is 399 g/mol. The van der Waals surface area contributed by atoms with Crippen LogP contribution in [0.3, 0.4) is 0 Å². The lowest BCUT2D eigenvalue weighted by Crippen LogP contribution is -2.42. The number of guanidine groups is 1. The van der Waals surface area contributed by atoms with Gasteiger partial charge in [-0.3, -0.25) is 0 Å². The van der Waals surface area contributed by atoms with E-state index in [1.165, 1.54) is 11.1 Å². The maximum Gasteiger partial charge on any atom is 0.191 e. The van der Waals surface area contributed by atoms with Gasteiger partial charge in [-0.1, -0.05) is 29.8 Å². The van der Waals surface area contributed by atoms with E-state index in [1.807, 2.05) is 6.92 Å². The first kappa shape index (κ1) is 21.4. The molecule has 0 radical (unpaired) electrons. The van der Waals surface area contributed by atoms with E-state index >= 15 is 0 Å². The van der Waals surface area contributed by atoms with Gasteiger partial charge in [-0.2, -0.15) is 0 Å². The first-order valence-corrected chi connectivity index (χ1v) is 10.5. The topological polar surface area (TPSA) is 79.0 Å². The number of nitrogens with one attached hydrogen (secondary N) is 2. The van der Waals surface area contributed by atoms with Gasteiger partial charge in [-0.25, -0.2) is 4.99 Å². The van der Waals surface area contributed by atoms with Crippen LogP contribution in [0, 0.1) is 12.8 Å². The molecule has 1 fully saturated rings. The molecule has 1 saturated heterocycles. The van der Waals surface area contributed by atoms with Crippen LogP contribution in [0.1, 0.15) is 49.7 Å². The van der Waals surface area contributed by atoms with Crippen LogP contribution in [-0.2, 0) is 10.3 Å². The molecular formula is C23H33N3O3. The molecule has 1 aliphatic heterocycles. The molecule has 1 aromatic heterocycles. The number of hydrogen-bond donors (Lipinski definition) is 3. The highest BCUT2D eigenvalue weighted by Gasteiger charge is 2.28. The zero-order valence-corrected chi connectivity index (χ0v) is 17.6. The average Bonchev–Trinajstić information content (AvgIpc) is 3.27. The number of hydrogen-bond acceptors (Lipinski definition) is 4. The van der Waals surface area contributed by atoms with E-state index in [2.05, 4.69) is 46.8 Å². The van der Waals surface area contributed by atoms with Gasteiger partial charge in [0, 0.05) is 25.6 Å². The summed E-state index contributed by atoms with van der Waals surface area (Å²) in [5.74, 6) is 1.56. The van der Waals surface area contributed by atoms with Crippen LogP contribution in [0.15, 0.2) is 52.1 Å². The van der Waals surface area contributed by atoms with E-state index in [9.17, 15) is 5.11 Å². The van der Waals surface area contributed by atoms with Gasteiger partial charge in [0.15, 0.2) is 5.96 Å². The minimum Gasteiger partial charge on any atom is -0.466 e. The minimum absolute atomic E-state index is 0.0888. The number of aliphatic imine (C=N–C) groups is 1. The maximum atomic E-state index is 10.6. The molecule has 2 aromatic rings. The van der Waals surface area contributed by atoms with Gasteiger partial charge in [-0.15, -0.1) is 0 Å². The minimum atomic E-state index is -1.15. The number of furan rings is 1. The lowest BCUT2D eigenvalue weighted by Gasteiger charge is -2.32. The van der Waals surface area contributed by atoms with Crippen molar-refractivity contribution in [3.63, 3.8) is 0 Å². The van der Waals surface area contributed by atoms with Crippen molar-refractivity contribution in [1.29, 1.82) is 0 Å². The van der Waals surface area contributed by atoms with E-state index in [0.717, 1.165) is 32.5 Å². The quantitative estimate of drug-likeness (QED) is 0.490. The van der Waals surface area contributed by atoms with Gasteiger partial charge < -0.3 is 24.9 Å². The van der Waals surface area contributed by atoms with Crippen LogP contribution in [0.25, 0.3) is 0 Å². The van der Waals surface area contributed by atoms with Crippen molar-refractivity contribution in [2.75, 3.05) is 26.2 Å². The molecule has 158 valence electrons. The number of nitrogens with zero attached hydrogens (tertiary/aromatic N) is 1. The molecule has 0 bridgehead atoms. The van der Waals surface area contributed by atoms with Gasteiger partial charge >= 0.3 is 0 Å². The lowest BCUT2D eigenvalue weighted by molar-refractivity contribution is -0.0265. The summed E-state index contributed by atoms with van der Waals surface area (Å²) < 4.78 is 11.5. The standard InChI is InChI=1S/C23H33N3O3/c1-4-24-22(26-16-23(3,27)20-8-6-13-28-20)25-15-19-7-5-14-29-21(19)18-11-9-17(2)10-12-18/h6,8-13,19,21,27H,4-5,7,14-16H2,1-3H3,(H2,24,25,26). The summed E-state index contributed by atoms with van der Waals surface area (Å²) in [6, 6.07) is 12.1. The Kier molecular flexibility index (Phi) is 7.34. The number of ether oxygens (including phenoxy) is 1. The Morgan fingerprint density at radius 2 is 2.03 bits per heavy atom. The highest BCUT2D eigenvalue weighted by atomic mass is 16.5. The van der Waals surface area contributed by atoms with Crippen LogP contribution in [-0.4, -0.2) is 37.3 Å². The summed E-state index contributed by atoms with van der Waals surface area (Å²) in [6.45, 7) is 8.35. The third-order valence-electron chi connectivity index (χ3n) is 5.32. The van der Waals surface area contributed by atoms with E-state index in [4.69, 9.17) is 9.15 Å². The Balaban J connectivity index is 1.64. The molecule has 3 N–H and O–H groups in total. The predicted molar refractivity (Wildman–Crippen MR) is 115 cm³/mol. The Morgan fingerprint density at radius 1 is 1.24 bits per heavy atom. The van der Waals surface area contributed by atoms with Gasteiger partial charge in [0.25, 0.3) is 0 Å². The summed E-state index contributed by atoms with van der Waals surface area (Å²) in [5, 5.41) is 17.3. The van der Waals surface area contributed by atoms with Gasteiger partial charge in [0.05, 0.1) is 18.9 Å². The number of rotatable bonds is 7. The average molecular weight is 400 g/mol. The molecule has 0 saturated carbocycles. The molecule has 0 aliphatic carbocycles. The second-order valence-corrected chi connectivity index (χ2v) is 7.93. The van der Waals surface area contributed by atoms with Crippen molar-refractivity contribution < 1.29 is 14.3 Å². The SMILES string of the molecule is CCNC(=NCC(C)(O)c1ccco1)NCC1CCCOC1c1ccc(C)cc1. The van der Waals surface area contributed by atoms with Crippen molar-refractivity contribution in [1.82, 2.24) is 10.6 Å². The second-order valence-electron chi connectivity index (χ2n) is 7.93. The highest BCUT2D eigenvalue weighted by molar-refractivity contribution is 5.79. The molecule has 1 aromatic carbocycles. The fourth-order valence-electron chi connectivity index (χ4n) is 3.64. The van der Waals surface area contributed by atoms with Crippen LogP contribution in [0.4, 0.5) is 0 Å². The molecule has 3 unspecified atom stereocenters. The van der Waals surface area contributed by atoms with Crippen LogP contribution < -0.4 is 10.6 Å². The van der Waals surface area contributed by atoms with Crippen LogP contribution in [0.5, 0.6) is 0 Å². The molecule has 3 atom stereocenters. The van der Waals surface area contributed by atoms with Crippen LogP contribution in [0.2, 0.25) is 0 Å². The fourth-order valence-corrected chi connectivity index (χ4v) is 3.64. The Bertz CT molecular complexity index is 769. The van der Waals surface area contributed by atoms with Crippen molar-refractivity contribution in [3.05, 3.63) is 59.5 Å². The Labute approximate surface area is 173 Å². The number of benzene rings is 1. The van der Waals surface area contributed by atoms with Gasteiger partial charge in [0.2, 0.25) is 0 Å². The van der Waals surface area contributed by atoms with Crippen molar-refractivity contribution in [3.8, 4) is 0 Å². The second kappa shape index (κ2) is 9.94. The predicted octanol–water partition coefficient (Wildman–Crippen LogP) is 3.52. The smallest absolute Gasteiger partial charge is 0.191 e. The molecule has 0 spiro atoms. The highest BCUT2D eigenvalue weighted by Crippen LogP contribution is 2.33. The van der Waals surface area contributed by atoms with Crippen molar-refractivity contribution in [2.24, 2.45) is 10.9 Å². The van der Waals surface area contributed by atoms with Crippen LogP contribution >= 0.6 is 0 Å². The fraction of sp³-hybridized carbons (Fsp3) is 0.522. The molecule has 3 rings (SSSR count). The molecule has 0 amide bonds. The maximum absolute atomic E-state index is 10.6. The largest absolute Gasteiger partial charge is 0.466 e. The molecule has 1 aliphatic rings. The summed E-state index contributed by atoms with van der Waals surface area (Å²) in [4.78, 5) is 4.58. The third kappa shape index (κ3) is 5.84. The van der Waals surface area contributed by atoms with E-state index in [-0.39, 0.29) is 12.6 Å². The lowest BCUT2D eigenvalue weighted by atomic mass is 9.89. The zero-order valence-electron chi connectivity index (χ0n) is 17.6. The Morgan fingerprint density at radius 3 is 2.72 bits per heavy atom. The number of aliphatic hydroxyl groups is 1. The molecule has 6 heteroatoms. The summed E-state index contributed by atoms with van der Waals surface area (Å²) in [5.41, 5.74) is 1.33. The zero-order chi connectivity index (χ0) is 20.7. The molecule has 2 heterocycles. The summed E-state index contributed by atoms with van der Waals surface area (Å²) >= 11 is 0.